The minimum atomic E-state index is -0.493. The van der Waals surface area contributed by atoms with E-state index < -0.39 is 17.6 Å². The van der Waals surface area contributed by atoms with E-state index in [4.69, 9.17) is 9.47 Å². The summed E-state index contributed by atoms with van der Waals surface area (Å²) in [5.41, 5.74) is 0.547. The van der Waals surface area contributed by atoms with Crippen LogP contribution >= 0.6 is 0 Å². The molecule has 2 aromatic rings. The van der Waals surface area contributed by atoms with Crippen molar-refractivity contribution in [2.24, 2.45) is 0 Å². The fraction of sp³-hybridized carbons (Fsp3) is 0.316. The quantitative estimate of drug-likeness (QED) is 0.574. The lowest BCUT2D eigenvalue weighted by Crippen LogP contribution is -2.10. The van der Waals surface area contributed by atoms with Crippen LogP contribution in [-0.4, -0.2) is 35.6 Å². The van der Waals surface area contributed by atoms with E-state index in [9.17, 15) is 19.1 Å². The second kappa shape index (κ2) is 8.94. The monoisotopic (exact) mass is 361 g/mol. The molecule has 0 unspecified atom stereocenters. The summed E-state index contributed by atoms with van der Waals surface area (Å²) in [6, 6.07) is 7.30. The van der Waals surface area contributed by atoms with E-state index in [1.165, 1.54) is 31.4 Å². The largest absolute Gasteiger partial charge is 0.506 e. The van der Waals surface area contributed by atoms with Crippen LogP contribution < -0.4 is 4.74 Å². The molecular formula is C19H20FNO5. The van der Waals surface area contributed by atoms with Crippen LogP contribution in [0.15, 0.2) is 30.3 Å². The van der Waals surface area contributed by atoms with Gasteiger partial charge < -0.3 is 14.6 Å². The molecule has 0 amide bonds. The van der Waals surface area contributed by atoms with Crippen molar-refractivity contribution in [1.29, 1.82) is 0 Å². The molecule has 0 bridgehead atoms. The van der Waals surface area contributed by atoms with E-state index in [2.05, 4.69) is 4.98 Å². The number of benzene rings is 1. The molecule has 1 aromatic carbocycles. The lowest BCUT2D eigenvalue weighted by molar-refractivity contribution is -0.143. The van der Waals surface area contributed by atoms with Crippen molar-refractivity contribution < 1.29 is 28.6 Å². The number of carbonyl (C=O) groups is 2. The second-order valence-corrected chi connectivity index (χ2v) is 5.50. The molecule has 0 aliphatic carbocycles. The molecule has 1 aromatic heterocycles. The number of aromatic hydroxyl groups is 1. The van der Waals surface area contributed by atoms with Crippen molar-refractivity contribution in [3.8, 4) is 11.5 Å². The zero-order valence-electron chi connectivity index (χ0n) is 14.6. The Morgan fingerprint density at radius 3 is 2.65 bits per heavy atom. The van der Waals surface area contributed by atoms with Gasteiger partial charge in [0.05, 0.1) is 20.1 Å². The Morgan fingerprint density at radius 1 is 1.19 bits per heavy atom. The van der Waals surface area contributed by atoms with Gasteiger partial charge in [-0.15, -0.1) is 0 Å². The van der Waals surface area contributed by atoms with Crippen LogP contribution in [0.4, 0.5) is 4.39 Å². The molecular weight excluding hydrogens is 341 g/mol. The lowest BCUT2D eigenvalue weighted by atomic mass is 10.1. The van der Waals surface area contributed by atoms with Crippen LogP contribution in [0.2, 0.25) is 0 Å². The molecule has 1 N–H and O–H groups in total. The Balaban J connectivity index is 2.19. The SMILES string of the molecule is CCOC(=O)CCC(=O)c1nc(Cc2c(F)cccc2OC)ccc1O. The third-order valence-corrected chi connectivity index (χ3v) is 3.71. The maximum atomic E-state index is 14.1. The molecule has 0 radical (unpaired) electrons. The smallest absolute Gasteiger partial charge is 0.306 e. The maximum Gasteiger partial charge on any atom is 0.306 e. The Morgan fingerprint density at radius 2 is 1.96 bits per heavy atom. The van der Waals surface area contributed by atoms with Gasteiger partial charge in [-0.3, -0.25) is 9.59 Å². The van der Waals surface area contributed by atoms with E-state index in [0.29, 0.717) is 17.0 Å². The highest BCUT2D eigenvalue weighted by Gasteiger charge is 2.17. The van der Waals surface area contributed by atoms with Gasteiger partial charge >= 0.3 is 5.97 Å². The number of ketones is 1. The van der Waals surface area contributed by atoms with Crippen molar-refractivity contribution in [2.45, 2.75) is 26.2 Å². The van der Waals surface area contributed by atoms with Crippen molar-refractivity contribution in [2.75, 3.05) is 13.7 Å². The van der Waals surface area contributed by atoms with Crippen LogP contribution in [-0.2, 0) is 16.0 Å². The zero-order valence-corrected chi connectivity index (χ0v) is 14.6. The van der Waals surface area contributed by atoms with Gasteiger partial charge in [-0.1, -0.05) is 6.07 Å². The predicted molar refractivity (Wildman–Crippen MR) is 91.9 cm³/mol. The normalized spacial score (nSPS) is 10.4. The number of methoxy groups -OCH3 is 1. The number of hydrogen-bond acceptors (Lipinski definition) is 6. The van der Waals surface area contributed by atoms with E-state index in [1.54, 1.807) is 13.0 Å². The molecule has 0 atom stereocenters. The number of hydrogen-bond donors (Lipinski definition) is 1. The number of ether oxygens (including phenoxy) is 2. The molecule has 0 saturated carbocycles. The standard InChI is InChI=1S/C19H20FNO5/c1-3-26-18(24)10-9-16(23)19-15(22)8-7-12(21-19)11-13-14(20)5-4-6-17(13)25-2/h4-8,22H,3,9-11H2,1-2H3. The molecule has 138 valence electrons. The number of Topliss-reactive ketones (excluding diaryl/α,β-unsaturated/α-hetero) is 1. The molecule has 26 heavy (non-hydrogen) atoms. The van der Waals surface area contributed by atoms with Crippen molar-refractivity contribution in [3.63, 3.8) is 0 Å². The molecule has 0 aliphatic rings. The molecule has 1 heterocycles. The third kappa shape index (κ3) is 4.78. The highest BCUT2D eigenvalue weighted by Crippen LogP contribution is 2.25. The fourth-order valence-electron chi connectivity index (χ4n) is 2.45. The van der Waals surface area contributed by atoms with E-state index >= 15 is 0 Å². The van der Waals surface area contributed by atoms with Crippen LogP contribution in [0.3, 0.4) is 0 Å². The first-order chi connectivity index (χ1) is 12.5. The van der Waals surface area contributed by atoms with Crippen LogP contribution in [0, 0.1) is 5.82 Å². The average Bonchev–Trinajstić information content (AvgIpc) is 2.63. The topological polar surface area (TPSA) is 85.7 Å². The summed E-state index contributed by atoms with van der Waals surface area (Å²) in [5.74, 6) is -1.35. The van der Waals surface area contributed by atoms with Gasteiger partial charge in [-0.25, -0.2) is 9.37 Å². The number of nitrogens with zero attached hydrogens (tertiary/aromatic N) is 1. The number of rotatable bonds is 8. The van der Waals surface area contributed by atoms with Crippen LogP contribution in [0.5, 0.6) is 11.5 Å². The predicted octanol–water partition coefficient (Wildman–Crippen LogP) is 3.05. The third-order valence-electron chi connectivity index (χ3n) is 3.71. The summed E-state index contributed by atoms with van der Waals surface area (Å²) in [5, 5.41) is 9.90. The molecule has 6 nitrogen and oxygen atoms in total. The first kappa shape index (κ1) is 19.4. The molecule has 0 aliphatic heterocycles. The minimum Gasteiger partial charge on any atom is -0.506 e. The number of carbonyl (C=O) groups excluding carboxylic acids is 2. The number of halogens is 1. The fourth-order valence-corrected chi connectivity index (χ4v) is 2.45. The van der Waals surface area contributed by atoms with Crippen LogP contribution in [0.1, 0.15) is 41.5 Å². The zero-order chi connectivity index (χ0) is 19.1. The van der Waals surface area contributed by atoms with Crippen LogP contribution in [0.25, 0.3) is 0 Å². The van der Waals surface area contributed by atoms with Gasteiger partial charge in [0.15, 0.2) is 5.78 Å². The minimum absolute atomic E-state index is 0.0916. The number of esters is 1. The second-order valence-electron chi connectivity index (χ2n) is 5.50. The first-order valence-electron chi connectivity index (χ1n) is 8.15. The number of pyridine rings is 1. The molecule has 0 spiro atoms. The average molecular weight is 361 g/mol. The van der Waals surface area contributed by atoms with E-state index in [0.717, 1.165) is 0 Å². The summed E-state index contributed by atoms with van der Waals surface area (Å²) < 4.78 is 24.0. The Hall–Kier alpha value is -2.96. The van der Waals surface area contributed by atoms with E-state index in [1.807, 2.05) is 0 Å². The van der Waals surface area contributed by atoms with Gasteiger partial charge in [0, 0.05) is 24.1 Å². The first-order valence-corrected chi connectivity index (χ1v) is 8.15. The van der Waals surface area contributed by atoms with Crippen molar-refractivity contribution >= 4 is 11.8 Å². The van der Waals surface area contributed by atoms with Gasteiger partial charge in [0.1, 0.15) is 23.0 Å². The van der Waals surface area contributed by atoms with E-state index in [-0.39, 0.29) is 37.3 Å². The van der Waals surface area contributed by atoms with Crippen molar-refractivity contribution in [1.82, 2.24) is 4.98 Å². The molecule has 2 rings (SSSR count). The molecule has 0 fully saturated rings. The van der Waals surface area contributed by atoms with Gasteiger partial charge in [0.25, 0.3) is 0 Å². The van der Waals surface area contributed by atoms with Gasteiger partial charge in [-0.05, 0) is 31.2 Å². The lowest BCUT2D eigenvalue weighted by Gasteiger charge is -2.10. The number of aromatic nitrogens is 1. The molecule has 0 saturated heterocycles. The van der Waals surface area contributed by atoms with Gasteiger partial charge in [0.2, 0.25) is 0 Å². The highest BCUT2D eigenvalue weighted by molar-refractivity contribution is 5.98. The summed E-state index contributed by atoms with van der Waals surface area (Å²) in [6.07, 6.45) is -0.140. The Bertz CT molecular complexity index is 807. The summed E-state index contributed by atoms with van der Waals surface area (Å²) in [7, 11) is 1.44. The van der Waals surface area contributed by atoms with Crippen molar-refractivity contribution in [3.05, 3.63) is 53.1 Å². The van der Waals surface area contributed by atoms with Gasteiger partial charge in [-0.2, -0.15) is 0 Å². The summed E-state index contributed by atoms with van der Waals surface area (Å²) in [4.78, 5) is 27.7. The Kier molecular flexibility index (Phi) is 6.66. The Labute approximate surface area is 150 Å². The maximum absolute atomic E-state index is 14.1. The highest BCUT2D eigenvalue weighted by atomic mass is 19.1. The summed E-state index contributed by atoms with van der Waals surface area (Å²) in [6.45, 7) is 1.91. The molecule has 7 heteroatoms. The summed E-state index contributed by atoms with van der Waals surface area (Å²) >= 11 is 0.